The van der Waals surface area contributed by atoms with Crippen LogP contribution in [-0.2, 0) is 16.6 Å². The highest BCUT2D eigenvalue weighted by molar-refractivity contribution is 7.99. The van der Waals surface area contributed by atoms with E-state index in [-0.39, 0.29) is 16.0 Å². The molecule has 1 aliphatic rings. The Hall–Kier alpha value is -0.270. The zero-order valence-corrected chi connectivity index (χ0v) is 13.0. The molecule has 1 atom stereocenters. The highest BCUT2D eigenvalue weighted by Gasteiger charge is 2.25. The standard InChI is InChI=1S/C12H17ClN2O2S2/c1-14-7-9-2-3-11(13)12(6-9)19(16,17)15-10-4-5-18-8-10/h2-3,6,10,14-15H,4-5,7-8H2,1H3. The van der Waals surface area contributed by atoms with Gasteiger partial charge in [0, 0.05) is 18.3 Å². The summed E-state index contributed by atoms with van der Waals surface area (Å²) in [6.45, 7) is 0.610. The summed E-state index contributed by atoms with van der Waals surface area (Å²) in [6.07, 6.45) is 0.873. The lowest BCUT2D eigenvalue weighted by molar-refractivity contribution is 0.563. The van der Waals surface area contributed by atoms with E-state index in [0.29, 0.717) is 6.54 Å². The van der Waals surface area contributed by atoms with Crippen LogP contribution < -0.4 is 10.0 Å². The van der Waals surface area contributed by atoms with Gasteiger partial charge in [0.2, 0.25) is 10.0 Å². The van der Waals surface area contributed by atoms with Crippen LogP contribution in [0.4, 0.5) is 0 Å². The summed E-state index contributed by atoms with van der Waals surface area (Å²) in [5.74, 6) is 1.83. The first kappa shape index (κ1) is 15.1. The molecule has 106 valence electrons. The summed E-state index contributed by atoms with van der Waals surface area (Å²) in [7, 11) is -1.72. The summed E-state index contributed by atoms with van der Waals surface area (Å²) >= 11 is 7.79. The fourth-order valence-electron chi connectivity index (χ4n) is 1.98. The molecule has 1 unspecified atom stereocenters. The fourth-order valence-corrected chi connectivity index (χ4v) is 5.06. The average Bonchev–Trinajstić information content (AvgIpc) is 2.84. The van der Waals surface area contributed by atoms with E-state index in [1.807, 2.05) is 13.1 Å². The first-order valence-electron chi connectivity index (χ1n) is 6.06. The second-order valence-electron chi connectivity index (χ2n) is 4.48. The van der Waals surface area contributed by atoms with Crippen LogP contribution in [0.25, 0.3) is 0 Å². The van der Waals surface area contributed by atoms with Crippen molar-refractivity contribution in [3.05, 3.63) is 28.8 Å². The molecule has 0 radical (unpaired) electrons. The molecule has 0 spiro atoms. The van der Waals surface area contributed by atoms with Crippen molar-refractivity contribution < 1.29 is 8.42 Å². The zero-order chi connectivity index (χ0) is 13.9. The predicted molar refractivity (Wildman–Crippen MR) is 80.3 cm³/mol. The van der Waals surface area contributed by atoms with E-state index in [4.69, 9.17) is 11.6 Å². The Labute approximate surface area is 123 Å². The van der Waals surface area contributed by atoms with Crippen LogP contribution in [0.15, 0.2) is 23.1 Å². The zero-order valence-electron chi connectivity index (χ0n) is 10.6. The van der Waals surface area contributed by atoms with Crippen molar-refractivity contribution in [2.75, 3.05) is 18.6 Å². The van der Waals surface area contributed by atoms with Crippen molar-refractivity contribution in [3.8, 4) is 0 Å². The fraction of sp³-hybridized carbons (Fsp3) is 0.500. The van der Waals surface area contributed by atoms with Crippen molar-refractivity contribution in [1.29, 1.82) is 0 Å². The molecular weight excluding hydrogens is 304 g/mol. The van der Waals surface area contributed by atoms with Crippen molar-refractivity contribution in [1.82, 2.24) is 10.0 Å². The molecule has 1 aromatic carbocycles. The van der Waals surface area contributed by atoms with Crippen LogP contribution in [0.1, 0.15) is 12.0 Å². The number of rotatable bonds is 5. The van der Waals surface area contributed by atoms with Gasteiger partial charge < -0.3 is 5.32 Å². The highest BCUT2D eigenvalue weighted by Crippen LogP contribution is 2.25. The lowest BCUT2D eigenvalue weighted by Crippen LogP contribution is -2.34. The van der Waals surface area contributed by atoms with E-state index in [0.717, 1.165) is 23.5 Å². The van der Waals surface area contributed by atoms with E-state index >= 15 is 0 Å². The Kier molecular flexibility index (Phi) is 5.14. The van der Waals surface area contributed by atoms with Gasteiger partial charge in [-0.2, -0.15) is 11.8 Å². The van der Waals surface area contributed by atoms with E-state index in [1.165, 1.54) is 0 Å². The third kappa shape index (κ3) is 3.86. The van der Waals surface area contributed by atoms with Gasteiger partial charge in [0.05, 0.1) is 5.02 Å². The third-order valence-electron chi connectivity index (χ3n) is 2.92. The third-order valence-corrected chi connectivity index (χ3v) is 6.08. The second kappa shape index (κ2) is 6.45. The SMILES string of the molecule is CNCc1ccc(Cl)c(S(=O)(=O)NC2CCSC2)c1. The van der Waals surface area contributed by atoms with Gasteiger partial charge in [0.25, 0.3) is 0 Å². The van der Waals surface area contributed by atoms with Gasteiger partial charge in [-0.1, -0.05) is 17.7 Å². The van der Waals surface area contributed by atoms with Crippen molar-refractivity contribution in [2.45, 2.75) is 23.9 Å². The molecule has 0 aromatic heterocycles. The number of sulfonamides is 1. The van der Waals surface area contributed by atoms with Crippen LogP contribution in [0.2, 0.25) is 5.02 Å². The predicted octanol–water partition coefficient (Wildman–Crippen LogP) is 1.84. The molecule has 1 saturated heterocycles. The van der Waals surface area contributed by atoms with E-state index in [1.54, 1.807) is 23.9 Å². The normalized spacial score (nSPS) is 19.8. The minimum absolute atomic E-state index is 0.0130. The van der Waals surface area contributed by atoms with Crippen molar-refractivity contribution >= 4 is 33.4 Å². The molecule has 1 aromatic rings. The Balaban J connectivity index is 2.25. The molecule has 0 saturated carbocycles. The van der Waals surface area contributed by atoms with Crippen LogP contribution >= 0.6 is 23.4 Å². The molecule has 7 heteroatoms. The number of halogens is 1. The molecule has 4 nitrogen and oxygen atoms in total. The molecule has 1 fully saturated rings. The lowest BCUT2D eigenvalue weighted by Gasteiger charge is -2.14. The number of hydrogen-bond acceptors (Lipinski definition) is 4. The first-order valence-corrected chi connectivity index (χ1v) is 9.07. The number of nitrogens with one attached hydrogen (secondary N) is 2. The molecule has 0 aliphatic carbocycles. The van der Waals surface area contributed by atoms with Crippen LogP contribution in [0, 0.1) is 0 Å². The van der Waals surface area contributed by atoms with Gasteiger partial charge in [-0.05, 0) is 36.9 Å². The van der Waals surface area contributed by atoms with Crippen LogP contribution in [0.3, 0.4) is 0 Å². The molecule has 2 rings (SSSR count). The second-order valence-corrected chi connectivity index (χ2v) is 7.72. The number of hydrogen-bond donors (Lipinski definition) is 2. The van der Waals surface area contributed by atoms with Crippen LogP contribution in [0.5, 0.6) is 0 Å². The molecule has 1 aliphatic heterocycles. The summed E-state index contributed by atoms with van der Waals surface area (Å²) < 4.78 is 27.4. The molecule has 0 bridgehead atoms. The number of benzene rings is 1. The minimum Gasteiger partial charge on any atom is -0.316 e. The molecule has 0 amide bonds. The maximum absolute atomic E-state index is 12.3. The number of thioether (sulfide) groups is 1. The Morgan fingerprint density at radius 3 is 2.89 bits per heavy atom. The minimum atomic E-state index is -3.54. The molecule has 1 heterocycles. The molecule has 19 heavy (non-hydrogen) atoms. The van der Waals surface area contributed by atoms with Crippen LogP contribution in [-0.4, -0.2) is 33.0 Å². The van der Waals surface area contributed by atoms with E-state index < -0.39 is 10.0 Å². The first-order chi connectivity index (χ1) is 9.03. The molecule has 2 N–H and O–H groups in total. The monoisotopic (exact) mass is 320 g/mol. The van der Waals surface area contributed by atoms with Crippen molar-refractivity contribution in [3.63, 3.8) is 0 Å². The summed E-state index contributed by atoms with van der Waals surface area (Å²) in [5.41, 5.74) is 0.896. The largest absolute Gasteiger partial charge is 0.316 e. The Bertz CT molecular complexity index is 543. The topological polar surface area (TPSA) is 58.2 Å². The average molecular weight is 321 g/mol. The van der Waals surface area contributed by atoms with Gasteiger partial charge in [-0.15, -0.1) is 0 Å². The maximum atomic E-state index is 12.3. The van der Waals surface area contributed by atoms with E-state index in [9.17, 15) is 8.42 Å². The highest BCUT2D eigenvalue weighted by atomic mass is 35.5. The Morgan fingerprint density at radius 1 is 1.47 bits per heavy atom. The summed E-state index contributed by atoms with van der Waals surface area (Å²) in [6, 6.07) is 5.10. The van der Waals surface area contributed by atoms with E-state index in [2.05, 4.69) is 10.0 Å². The summed E-state index contributed by atoms with van der Waals surface area (Å²) in [4.78, 5) is 0.166. The summed E-state index contributed by atoms with van der Waals surface area (Å²) in [5, 5.41) is 3.26. The Morgan fingerprint density at radius 2 is 2.26 bits per heavy atom. The van der Waals surface area contributed by atoms with Gasteiger partial charge in [-0.3, -0.25) is 0 Å². The molecular formula is C12H17ClN2O2S2. The van der Waals surface area contributed by atoms with Gasteiger partial charge in [0.1, 0.15) is 4.90 Å². The maximum Gasteiger partial charge on any atom is 0.242 e. The van der Waals surface area contributed by atoms with Gasteiger partial charge in [-0.25, -0.2) is 13.1 Å². The van der Waals surface area contributed by atoms with Gasteiger partial charge >= 0.3 is 0 Å². The van der Waals surface area contributed by atoms with Crippen molar-refractivity contribution in [2.24, 2.45) is 0 Å². The lowest BCUT2D eigenvalue weighted by atomic mass is 10.2. The smallest absolute Gasteiger partial charge is 0.242 e. The van der Waals surface area contributed by atoms with Gasteiger partial charge in [0.15, 0.2) is 0 Å². The quantitative estimate of drug-likeness (QED) is 0.869.